The maximum Gasteiger partial charge on any atom is 0.335 e. The summed E-state index contributed by atoms with van der Waals surface area (Å²) in [6.45, 7) is 2.74. The van der Waals surface area contributed by atoms with E-state index in [2.05, 4.69) is 6.92 Å². The maximum atomic E-state index is 11.5. The standard InChI is InChI=1S/C11H15NO3S/c1-2-16-7-3-5-12-6-4-9(11(14)15)8-10(12)13/h4,6,8H,2-3,5,7H2,1H3,(H,14,15). The Balaban J connectivity index is 2.61. The Morgan fingerprint density at radius 3 is 2.88 bits per heavy atom. The van der Waals surface area contributed by atoms with E-state index in [0.717, 1.165) is 24.0 Å². The second kappa shape index (κ2) is 6.37. The van der Waals surface area contributed by atoms with Crippen LogP contribution in [0.2, 0.25) is 0 Å². The molecular formula is C11H15NO3S. The highest BCUT2D eigenvalue weighted by atomic mass is 32.2. The maximum absolute atomic E-state index is 11.5. The van der Waals surface area contributed by atoms with Gasteiger partial charge in [-0.05, 0) is 24.0 Å². The number of thioether (sulfide) groups is 1. The first-order valence-electron chi connectivity index (χ1n) is 5.16. The van der Waals surface area contributed by atoms with Crippen LogP contribution in [-0.4, -0.2) is 27.1 Å². The molecule has 88 valence electrons. The highest BCUT2D eigenvalue weighted by Crippen LogP contribution is 2.02. The van der Waals surface area contributed by atoms with Gasteiger partial charge in [0.1, 0.15) is 0 Å². The number of aryl methyl sites for hydroxylation is 1. The van der Waals surface area contributed by atoms with E-state index >= 15 is 0 Å². The van der Waals surface area contributed by atoms with Crippen molar-refractivity contribution in [2.45, 2.75) is 19.9 Å². The van der Waals surface area contributed by atoms with Crippen LogP contribution in [0, 0.1) is 0 Å². The SMILES string of the molecule is CCSCCCn1ccc(C(=O)O)cc1=O. The van der Waals surface area contributed by atoms with Crippen LogP contribution in [0.15, 0.2) is 23.1 Å². The average Bonchev–Trinajstić information content (AvgIpc) is 2.26. The molecule has 0 radical (unpaired) electrons. The van der Waals surface area contributed by atoms with Crippen LogP contribution in [-0.2, 0) is 6.54 Å². The van der Waals surface area contributed by atoms with Crippen molar-refractivity contribution in [3.63, 3.8) is 0 Å². The summed E-state index contributed by atoms with van der Waals surface area (Å²) in [5.74, 6) is 1.03. The lowest BCUT2D eigenvalue weighted by Gasteiger charge is -2.05. The number of pyridine rings is 1. The van der Waals surface area contributed by atoms with Crippen molar-refractivity contribution < 1.29 is 9.90 Å². The zero-order valence-corrected chi connectivity index (χ0v) is 10.00. The van der Waals surface area contributed by atoms with Gasteiger partial charge in [-0.15, -0.1) is 0 Å². The van der Waals surface area contributed by atoms with Gasteiger partial charge in [0.15, 0.2) is 0 Å². The van der Waals surface area contributed by atoms with E-state index in [9.17, 15) is 9.59 Å². The van der Waals surface area contributed by atoms with Crippen molar-refractivity contribution in [1.82, 2.24) is 4.57 Å². The molecular weight excluding hydrogens is 226 g/mol. The van der Waals surface area contributed by atoms with Gasteiger partial charge in [0, 0.05) is 18.8 Å². The third kappa shape index (κ3) is 3.73. The number of rotatable bonds is 6. The van der Waals surface area contributed by atoms with E-state index in [1.807, 2.05) is 11.8 Å². The number of nitrogens with zero attached hydrogens (tertiary/aromatic N) is 1. The molecule has 16 heavy (non-hydrogen) atoms. The monoisotopic (exact) mass is 241 g/mol. The Hall–Kier alpha value is -1.23. The number of carboxylic acids is 1. The van der Waals surface area contributed by atoms with E-state index in [-0.39, 0.29) is 11.1 Å². The van der Waals surface area contributed by atoms with Gasteiger partial charge >= 0.3 is 5.97 Å². The summed E-state index contributed by atoms with van der Waals surface area (Å²) in [4.78, 5) is 22.1. The first kappa shape index (κ1) is 12.8. The summed E-state index contributed by atoms with van der Waals surface area (Å²) in [6.07, 6.45) is 2.47. The molecule has 1 aromatic rings. The number of hydrogen-bond donors (Lipinski definition) is 1. The van der Waals surface area contributed by atoms with E-state index < -0.39 is 5.97 Å². The van der Waals surface area contributed by atoms with E-state index in [1.54, 1.807) is 10.8 Å². The molecule has 0 aliphatic carbocycles. The van der Waals surface area contributed by atoms with Gasteiger partial charge in [0.05, 0.1) is 5.56 Å². The van der Waals surface area contributed by atoms with Gasteiger partial charge in [-0.1, -0.05) is 6.92 Å². The molecule has 0 fully saturated rings. The summed E-state index contributed by atoms with van der Waals surface area (Å²) in [5, 5.41) is 8.69. The molecule has 0 unspecified atom stereocenters. The van der Waals surface area contributed by atoms with Crippen molar-refractivity contribution >= 4 is 17.7 Å². The second-order valence-corrected chi connectivity index (χ2v) is 4.70. The molecule has 0 atom stereocenters. The Kier molecular flexibility index (Phi) is 5.11. The Bertz CT molecular complexity index is 414. The quantitative estimate of drug-likeness (QED) is 0.770. The second-order valence-electron chi connectivity index (χ2n) is 3.30. The van der Waals surface area contributed by atoms with Gasteiger partial charge < -0.3 is 9.67 Å². The van der Waals surface area contributed by atoms with Crippen molar-refractivity contribution in [3.05, 3.63) is 34.2 Å². The Labute approximate surface area is 98.3 Å². The molecule has 0 aliphatic rings. The van der Waals surface area contributed by atoms with Crippen LogP contribution in [0.4, 0.5) is 0 Å². The van der Waals surface area contributed by atoms with Crippen LogP contribution >= 0.6 is 11.8 Å². The molecule has 0 spiro atoms. The number of carboxylic acid groups (broad SMARTS) is 1. The predicted molar refractivity (Wildman–Crippen MR) is 65.3 cm³/mol. The van der Waals surface area contributed by atoms with Crippen LogP contribution in [0.1, 0.15) is 23.7 Å². The van der Waals surface area contributed by atoms with Crippen LogP contribution in [0.25, 0.3) is 0 Å². The number of aromatic carboxylic acids is 1. The van der Waals surface area contributed by atoms with Crippen molar-refractivity contribution in [2.24, 2.45) is 0 Å². The van der Waals surface area contributed by atoms with Crippen molar-refractivity contribution in [2.75, 3.05) is 11.5 Å². The summed E-state index contributed by atoms with van der Waals surface area (Å²) in [7, 11) is 0. The fourth-order valence-electron chi connectivity index (χ4n) is 1.31. The fraction of sp³-hybridized carbons (Fsp3) is 0.455. The number of hydrogen-bond acceptors (Lipinski definition) is 3. The van der Waals surface area contributed by atoms with E-state index in [1.165, 1.54) is 6.07 Å². The van der Waals surface area contributed by atoms with Crippen LogP contribution in [0.5, 0.6) is 0 Å². The van der Waals surface area contributed by atoms with Crippen LogP contribution in [0.3, 0.4) is 0 Å². The fourth-order valence-corrected chi connectivity index (χ4v) is 1.93. The number of aromatic nitrogens is 1. The minimum Gasteiger partial charge on any atom is -0.478 e. The molecule has 0 saturated heterocycles. The lowest BCUT2D eigenvalue weighted by Crippen LogP contribution is -2.20. The summed E-state index contributed by atoms with van der Waals surface area (Å²) in [5.41, 5.74) is -0.203. The van der Waals surface area contributed by atoms with Gasteiger partial charge in [-0.25, -0.2) is 4.79 Å². The lowest BCUT2D eigenvalue weighted by atomic mass is 10.2. The molecule has 1 aromatic heterocycles. The van der Waals surface area contributed by atoms with Gasteiger partial charge in [-0.3, -0.25) is 4.79 Å². The third-order valence-corrected chi connectivity index (χ3v) is 3.12. The molecule has 4 nitrogen and oxygen atoms in total. The van der Waals surface area contributed by atoms with Gasteiger partial charge in [-0.2, -0.15) is 11.8 Å². The molecule has 0 aromatic carbocycles. The minimum atomic E-state index is -1.06. The molecule has 5 heteroatoms. The molecule has 1 rings (SSSR count). The molecule has 1 heterocycles. The zero-order chi connectivity index (χ0) is 12.0. The van der Waals surface area contributed by atoms with Gasteiger partial charge in [0.2, 0.25) is 0 Å². The Morgan fingerprint density at radius 2 is 2.31 bits per heavy atom. The minimum absolute atomic E-state index is 0.0455. The highest BCUT2D eigenvalue weighted by molar-refractivity contribution is 7.99. The number of carbonyl (C=O) groups is 1. The van der Waals surface area contributed by atoms with Crippen molar-refractivity contribution in [3.8, 4) is 0 Å². The average molecular weight is 241 g/mol. The van der Waals surface area contributed by atoms with Crippen molar-refractivity contribution in [1.29, 1.82) is 0 Å². The van der Waals surface area contributed by atoms with E-state index in [0.29, 0.717) is 6.54 Å². The normalized spacial score (nSPS) is 10.3. The summed E-state index contributed by atoms with van der Waals surface area (Å²) >= 11 is 1.83. The largest absolute Gasteiger partial charge is 0.478 e. The molecule has 0 bridgehead atoms. The summed E-state index contributed by atoms with van der Waals surface area (Å²) in [6, 6.07) is 2.62. The summed E-state index contributed by atoms with van der Waals surface area (Å²) < 4.78 is 1.54. The van der Waals surface area contributed by atoms with Crippen LogP contribution < -0.4 is 5.56 Å². The molecule has 0 aliphatic heterocycles. The first-order valence-corrected chi connectivity index (χ1v) is 6.32. The molecule has 0 saturated carbocycles. The van der Waals surface area contributed by atoms with Gasteiger partial charge in [0.25, 0.3) is 5.56 Å². The topological polar surface area (TPSA) is 59.3 Å². The predicted octanol–water partition coefficient (Wildman–Crippen LogP) is 1.69. The molecule has 1 N–H and O–H groups in total. The Morgan fingerprint density at radius 1 is 1.56 bits per heavy atom. The van der Waals surface area contributed by atoms with E-state index in [4.69, 9.17) is 5.11 Å². The molecule has 0 amide bonds. The zero-order valence-electron chi connectivity index (χ0n) is 9.18. The highest BCUT2D eigenvalue weighted by Gasteiger charge is 2.04. The smallest absolute Gasteiger partial charge is 0.335 e. The third-order valence-electron chi connectivity index (χ3n) is 2.13. The lowest BCUT2D eigenvalue weighted by molar-refractivity contribution is 0.0696. The first-order chi connectivity index (χ1) is 7.65.